The van der Waals surface area contributed by atoms with Crippen molar-refractivity contribution < 1.29 is 5.11 Å². The van der Waals surface area contributed by atoms with Crippen LogP contribution in [-0.4, -0.2) is 23.2 Å². The van der Waals surface area contributed by atoms with Crippen LogP contribution in [0.4, 0.5) is 0 Å². The van der Waals surface area contributed by atoms with Gasteiger partial charge in [-0.25, -0.2) is 0 Å². The number of aliphatic hydroxyl groups excluding tert-OH is 1. The van der Waals surface area contributed by atoms with Gasteiger partial charge in [-0.2, -0.15) is 0 Å². The molecule has 0 bridgehead atoms. The van der Waals surface area contributed by atoms with Crippen LogP contribution in [0.15, 0.2) is 24.5 Å². The van der Waals surface area contributed by atoms with Crippen molar-refractivity contribution in [1.29, 1.82) is 0 Å². The van der Waals surface area contributed by atoms with E-state index in [1.807, 2.05) is 12.1 Å². The lowest BCUT2D eigenvalue weighted by Crippen LogP contribution is -2.30. The van der Waals surface area contributed by atoms with Crippen molar-refractivity contribution in [2.45, 2.75) is 18.9 Å². The minimum atomic E-state index is -0.319. The van der Waals surface area contributed by atoms with E-state index in [4.69, 9.17) is 0 Å². The number of piperidine rings is 1. The SMILES string of the molecule is OC(c1ccncc1)C1CCNCC1. The molecule has 14 heavy (non-hydrogen) atoms. The number of rotatable bonds is 2. The highest BCUT2D eigenvalue weighted by molar-refractivity contribution is 5.14. The standard InChI is InChI=1S/C11H16N2O/c14-11(9-1-5-12-6-2-9)10-3-7-13-8-4-10/h1-2,5-6,10-11,13-14H,3-4,7-8H2. The van der Waals surface area contributed by atoms with Gasteiger partial charge in [-0.1, -0.05) is 0 Å². The summed E-state index contributed by atoms with van der Waals surface area (Å²) in [5.41, 5.74) is 0.993. The second-order valence-corrected chi connectivity index (χ2v) is 3.81. The van der Waals surface area contributed by atoms with E-state index < -0.39 is 0 Å². The number of aromatic nitrogens is 1. The van der Waals surface area contributed by atoms with Gasteiger partial charge >= 0.3 is 0 Å². The Kier molecular flexibility index (Phi) is 3.11. The highest BCUT2D eigenvalue weighted by atomic mass is 16.3. The molecule has 1 fully saturated rings. The third kappa shape index (κ3) is 2.11. The van der Waals surface area contributed by atoms with Gasteiger partial charge < -0.3 is 10.4 Å². The average Bonchev–Trinajstić information content (AvgIpc) is 2.30. The summed E-state index contributed by atoms with van der Waals surface area (Å²) in [5, 5.41) is 13.4. The van der Waals surface area contributed by atoms with E-state index in [1.54, 1.807) is 12.4 Å². The van der Waals surface area contributed by atoms with Gasteiger partial charge in [0.15, 0.2) is 0 Å². The number of pyridine rings is 1. The molecule has 1 aromatic rings. The van der Waals surface area contributed by atoms with Crippen LogP contribution < -0.4 is 5.32 Å². The monoisotopic (exact) mass is 192 g/mol. The molecule has 1 atom stereocenters. The van der Waals surface area contributed by atoms with Crippen molar-refractivity contribution in [3.8, 4) is 0 Å². The molecule has 1 unspecified atom stereocenters. The molecule has 1 aliphatic heterocycles. The summed E-state index contributed by atoms with van der Waals surface area (Å²) in [4.78, 5) is 3.95. The zero-order chi connectivity index (χ0) is 9.80. The van der Waals surface area contributed by atoms with Crippen LogP contribution in [0, 0.1) is 5.92 Å². The van der Waals surface area contributed by atoms with Crippen molar-refractivity contribution >= 4 is 0 Å². The molecular weight excluding hydrogens is 176 g/mol. The second kappa shape index (κ2) is 4.53. The molecule has 0 aliphatic carbocycles. The number of hydrogen-bond donors (Lipinski definition) is 2. The fourth-order valence-electron chi connectivity index (χ4n) is 1.99. The van der Waals surface area contributed by atoms with Crippen LogP contribution in [0.2, 0.25) is 0 Å². The van der Waals surface area contributed by atoms with Gasteiger partial charge in [-0.15, -0.1) is 0 Å². The van der Waals surface area contributed by atoms with Crippen molar-refractivity contribution in [3.63, 3.8) is 0 Å². The van der Waals surface area contributed by atoms with Crippen molar-refractivity contribution in [2.75, 3.05) is 13.1 Å². The minimum absolute atomic E-state index is 0.319. The third-order valence-corrected chi connectivity index (χ3v) is 2.88. The zero-order valence-corrected chi connectivity index (χ0v) is 8.19. The molecular formula is C11H16N2O. The predicted molar refractivity (Wildman–Crippen MR) is 54.8 cm³/mol. The Bertz CT molecular complexity index is 270. The lowest BCUT2D eigenvalue weighted by molar-refractivity contribution is 0.0888. The van der Waals surface area contributed by atoms with Crippen molar-refractivity contribution in [3.05, 3.63) is 30.1 Å². The lowest BCUT2D eigenvalue weighted by Gasteiger charge is -2.27. The zero-order valence-electron chi connectivity index (χ0n) is 8.19. The maximum Gasteiger partial charge on any atom is 0.0820 e. The lowest BCUT2D eigenvalue weighted by atomic mass is 9.88. The largest absolute Gasteiger partial charge is 0.388 e. The van der Waals surface area contributed by atoms with E-state index in [0.717, 1.165) is 31.5 Å². The number of nitrogens with zero attached hydrogens (tertiary/aromatic N) is 1. The fourth-order valence-corrected chi connectivity index (χ4v) is 1.99. The van der Waals surface area contributed by atoms with E-state index in [-0.39, 0.29) is 6.10 Å². The molecule has 0 amide bonds. The summed E-state index contributed by atoms with van der Waals surface area (Å²) in [6.07, 6.45) is 5.27. The van der Waals surface area contributed by atoms with E-state index >= 15 is 0 Å². The molecule has 3 heteroatoms. The predicted octanol–water partition coefficient (Wildman–Crippen LogP) is 1.11. The van der Waals surface area contributed by atoms with E-state index in [9.17, 15) is 5.11 Å². The van der Waals surface area contributed by atoms with Crippen LogP contribution in [0.3, 0.4) is 0 Å². The molecule has 0 saturated carbocycles. The van der Waals surface area contributed by atoms with Gasteiger partial charge in [0.25, 0.3) is 0 Å². The molecule has 1 aromatic heterocycles. The van der Waals surface area contributed by atoms with Gasteiger partial charge in [-0.05, 0) is 49.5 Å². The Balaban J connectivity index is 2.03. The first-order valence-electron chi connectivity index (χ1n) is 5.16. The molecule has 76 valence electrons. The highest BCUT2D eigenvalue weighted by Crippen LogP contribution is 2.27. The first kappa shape index (κ1) is 9.62. The quantitative estimate of drug-likeness (QED) is 0.738. The van der Waals surface area contributed by atoms with Crippen LogP contribution in [0.25, 0.3) is 0 Å². The Hall–Kier alpha value is -0.930. The van der Waals surface area contributed by atoms with E-state index in [2.05, 4.69) is 10.3 Å². The number of aliphatic hydroxyl groups is 1. The summed E-state index contributed by atoms with van der Waals surface area (Å²) >= 11 is 0. The molecule has 1 saturated heterocycles. The maximum absolute atomic E-state index is 10.1. The second-order valence-electron chi connectivity index (χ2n) is 3.81. The summed E-state index contributed by atoms with van der Waals surface area (Å²) < 4.78 is 0. The van der Waals surface area contributed by atoms with Gasteiger partial charge in [0.1, 0.15) is 0 Å². The van der Waals surface area contributed by atoms with E-state index in [0.29, 0.717) is 5.92 Å². The van der Waals surface area contributed by atoms with Gasteiger partial charge in [-0.3, -0.25) is 4.98 Å². The van der Waals surface area contributed by atoms with Crippen LogP contribution in [0.1, 0.15) is 24.5 Å². The van der Waals surface area contributed by atoms with Gasteiger partial charge in [0, 0.05) is 12.4 Å². The fraction of sp³-hybridized carbons (Fsp3) is 0.545. The Labute approximate surface area is 84.2 Å². The molecule has 2 rings (SSSR count). The first-order valence-corrected chi connectivity index (χ1v) is 5.16. The summed E-state index contributed by atoms with van der Waals surface area (Å²) in [7, 11) is 0. The highest BCUT2D eigenvalue weighted by Gasteiger charge is 2.22. The van der Waals surface area contributed by atoms with Crippen LogP contribution in [-0.2, 0) is 0 Å². The molecule has 0 radical (unpaired) electrons. The minimum Gasteiger partial charge on any atom is -0.388 e. The molecule has 2 N–H and O–H groups in total. The molecule has 2 heterocycles. The Morgan fingerprint density at radius 2 is 1.93 bits per heavy atom. The average molecular weight is 192 g/mol. The Morgan fingerprint density at radius 1 is 1.29 bits per heavy atom. The van der Waals surface area contributed by atoms with Gasteiger partial charge in [0.05, 0.1) is 6.10 Å². The van der Waals surface area contributed by atoms with Crippen LogP contribution >= 0.6 is 0 Å². The molecule has 0 spiro atoms. The third-order valence-electron chi connectivity index (χ3n) is 2.88. The smallest absolute Gasteiger partial charge is 0.0820 e. The maximum atomic E-state index is 10.1. The Morgan fingerprint density at radius 3 is 2.57 bits per heavy atom. The van der Waals surface area contributed by atoms with Crippen LogP contribution in [0.5, 0.6) is 0 Å². The molecule has 1 aliphatic rings. The van der Waals surface area contributed by atoms with Gasteiger partial charge in [0.2, 0.25) is 0 Å². The van der Waals surface area contributed by atoms with Crippen molar-refractivity contribution in [2.24, 2.45) is 5.92 Å². The topological polar surface area (TPSA) is 45.2 Å². The van der Waals surface area contributed by atoms with Crippen molar-refractivity contribution in [1.82, 2.24) is 10.3 Å². The first-order chi connectivity index (χ1) is 6.88. The summed E-state index contributed by atoms with van der Waals surface area (Å²) in [6, 6.07) is 3.79. The molecule has 0 aromatic carbocycles. The molecule has 3 nitrogen and oxygen atoms in total. The number of hydrogen-bond acceptors (Lipinski definition) is 3. The number of nitrogens with one attached hydrogen (secondary N) is 1. The van der Waals surface area contributed by atoms with E-state index in [1.165, 1.54) is 0 Å². The summed E-state index contributed by atoms with van der Waals surface area (Å²) in [6.45, 7) is 2.04. The summed E-state index contributed by atoms with van der Waals surface area (Å²) in [5.74, 6) is 0.402. The normalized spacial score (nSPS) is 20.6.